The number of nitrogens with one attached hydrogen (secondary N) is 1. The molecular weight excluding hydrogens is 334 g/mol. The molecule has 0 aliphatic heterocycles. The third-order valence-electron chi connectivity index (χ3n) is 3.78. The van der Waals surface area contributed by atoms with Crippen LogP contribution in [0.25, 0.3) is 0 Å². The lowest BCUT2D eigenvalue weighted by atomic mass is 9.98. The fourth-order valence-electron chi connectivity index (χ4n) is 2.45. The summed E-state index contributed by atoms with van der Waals surface area (Å²) in [5.41, 5.74) is 6.64. The highest BCUT2D eigenvalue weighted by Gasteiger charge is 2.02. The van der Waals surface area contributed by atoms with Gasteiger partial charge in [0, 0.05) is 16.4 Å². The second-order valence-corrected chi connectivity index (χ2v) is 6.51. The Hall–Kier alpha value is -1.80. The molecule has 0 amide bonds. The van der Waals surface area contributed by atoms with Crippen molar-refractivity contribution in [2.75, 3.05) is 5.32 Å². The van der Waals surface area contributed by atoms with E-state index in [1.165, 1.54) is 22.3 Å². The summed E-state index contributed by atoms with van der Waals surface area (Å²) in [6.07, 6.45) is 5.94. The van der Waals surface area contributed by atoms with E-state index in [9.17, 15) is 0 Å². The van der Waals surface area contributed by atoms with Gasteiger partial charge in [0.2, 0.25) is 0 Å². The van der Waals surface area contributed by atoms with Gasteiger partial charge in [0.1, 0.15) is 0 Å². The molecule has 0 atom stereocenters. The fraction of sp³-hybridized carbons (Fsp3) is 0.200. The van der Waals surface area contributed by atoms with E-state index in [2.05, 4.69) is 84.1 Å². The van der Waals surface area contributed by atoms with Gasteiger partial charge in [0.25, 0.3) is 0 Å². The lowest BCUT2D eigenvalue weighted by Crippen LogP contribution is -1.97. The number of benzene rings is 2. The molecule has 0 radical (unpaired) electrons. The number of allylic oxidation sites excluding steroid dienone is 2. The number of anilines is 1. The zero-order chi connectivity index (χ0) is 15.9. The molecule has 0 spiro atoms. The minimum absolute atomic E-state index is 0.853. The number of hydrogen-bond acceptors (Lipinski definition) is 1. The predicted molar refractivity (Wildman–Crippen MR) is 101 cm³/mol. The largest absolute Gasteiger partial charge is 0.362 e. The minimum atomic E-state index is 0.853. The van der Waals surface area contributed by atoms with Crippen molar-refractivity contribution < 1.29 is 0 Å². The van der Waals surface area contributed by atoms with Crippen LogP contribution in [0.15, 0.2) is 65.8 Å². The molecule has 2 rings (SSSR count). The summed E-state index contributed by atoms with van der Waals surface area (Å²) in [6.45, 7) is 8.12. The molecule has 0 saturated heterocycles. The fourth-order valence-corrected chi connectivity index (χ4v) is 2.59. The third-order valence-corrected chi connectivity index (χ3v) is 4.05. The maximum Gasteiger partial charge on any atom is 0.0382 e. The SMILES string of the molecule is C=C(Br)/C=C\Nc1ccc(CCc2ccccc2C)c(C)c1. The average molecular weight is 356 g/mol. The summed E-state index contributed by atoms with van der Waals surface area (Å²) >= 11 is 3.30. The highest BCUT2D eigenvalue weighted by atomic mass is 79.9. The maximum atomic E-state index is 3.77. The van der Waals surface area contributed by atoms with Crippen molar-refractivity contribution in [3.05, 3.63) is 88.1 Å². The van der Waals surface area contributed by atoms with E-state index in [4.69, 9.17) is 0 Å². The van der Waals surface area contributed by atoms with E-state index in [0.29, 0.717) is 0 Å². The molecule has 0 unspecified atom stereocenters. The van der Waals surface area contributed by atoms with Gasteiger partial charge in [-0.1, -0.05) is 52.8 Å². The van der Waals surface area contributed by atoms with Crippen molar-refractivity contribution in [1.29, 1.82) is 0 Å². The standard InChI is InChI=1S/C20H22BrN/c1-15-6-4-5-7-18(15)8-9-19-10-11-20(14-16(19)2)22-13-12-17(3)21/h4-7,10-14,22H,3,8-9H2,1-2H3/b13-12-. The van der Waals surface area contributed by atoms with Crippen LogP contribution in [0.3, 0.4) is 0 Å². The molecule has 1 N–H and O–H groups in total. The molecule has 0 heterocycles. The van der Waals surface area contributed by atoms with Crippen LogP contribution < -0.4 is 5.32 Å². The molecule has 0 aromatic heterocycles. The number of rotatable bonds is 6. The van der Waals surface area contributed by atoms with Crippen LogP contribution in [0, 0.1) is 13.8 Å². The predicted octanol–water partition coefficient (Wildman–Crippen LogP) is 5.92. The van der Waals surface area contributed by atoms with E-state index < -0.39 is 0 Å². The van der Waals surface area contributed by atoms with Gasteiger partial charge in [-0.3, -0.25) is 0 Å². The van der Waals surface area contributed by atoms with Crippen LogP contribution in [0.1, 0.15) is 22.3 Å². The molecular formula is C20H22BrN. The highest BCUT2D eigenvalue weighted by molar-refractivity contribution is 9.11. The highest BCUT2D eigenvalue weighted by Crippen LogP contribution is 2.18. The monoisotopic (exact) mass is 355 g/mol. The van der Waals surface area contributed by atoms with E-state index in [0.717, 1.165) is 23.0 Å². The number of aryl methyl sites for hydroxylation is 4. The Morgan fingerprint density at radius 2 is 1.73 bits per heavy atom. The summed E-state index contributed by atoms with van der Waals surface area (Å²) < 4.78 is 0.853. The van der Waals surface area contributed by atoms with Crippen LogP contribution in [0.2, 0.25) is 0 Å². The first-order valence-electron chi connectivity index (χ1n) is 7.48. The van der Waals surface area contributed by atoms with Crippen molar-refractivity contribution in [2.45, 2.75) is 26.7 Å². The Morgan fingerprint density at radius 3 is 2.36 bits per heavy atom. The van der Waals surface area contributed by atoms with E-state index in [1.54, 1.807) is 0 Å². The Labute approximate surface area is 141 Å². The summed E-state index contributed by atoms with van der Waals surface area (Å²) in [6, 6.07) is 15.1. The smallest absolute Gasteiger partial charge is 0.0382 e. The van der Waals surface area contributed by atoms with E-state index in [1.807, 2.05) is 12.3 Å². The van der Waals surface area contributed by atoms with Crippen LogP contribution >= 0.6 is 15.9 Å². The van der Waals surface area contributed by atoms with Crippen molar-refractivity contribution >= 4 is 21.6 Å². The summed E-state index contributed by atoms with van der Waals surface area (Å²) in [5.74, 6) is 0. The Morgan fingerprint density at radius 1 is 1.05 bits per heavy atom. The average Bonchev–Trinajstić information content (AvgIpc) is 2.47. The Bertz CT molecular complexity index is 686. The minimum Gasteiger partial charge on any atom is -0.362 e. The molecule has 0 aliphatic rings. The molecule has 0 fully saturated rings. The van der Waals surface area contributed by atoms with Gasteiger partial charge in [-0.05, 0) is 67.2 Å². The zero-order valence-corrected chi connectivity index (χ0v) is 14.8. The van der Waals surface area contributed by atoms with Crippen LogP contribution in [-0.2, 0) is 12.8 Å². The Kier molecular flexibility index (Phi) is 6.02. The van der Waals surface area contributed by atoms with Crippen molar-refractivity contribution in [3.63, 3.8) is 0 Å². The van der Waals surface area contributed by atoms with Crippen molar-refractivity contribution in [3.8, 4) is 0 Å². The first-order valence-corrected chi connectivity index (χ1v) is 8.27. The van der Waals surface area contributed by atoms with Crippen molar-refractivity contribution in [2.24, 2.45) is 0 Å². The second kappa shape index (κ2) is 8.00. The third kappa shape index (κ3) is 4.88. The molecule has 0 aliphatic carbocycles. The molecule has 1 nitrogen and oxygen atoms in total. The quantitative estimate of drug-likeness (QED) is 0.633. The molecule has 2 aromatic rings. The van der Waals surface area contributed by atoms with E-state index in [-0.39, 0.29) is 0 Å². The van der Waals surface area contributed by atoms with Gasteiger partial charge in [-0.25, -0.2) is 0 Å². The molecule has 2 aromatic carbocycles. The maximum absolute atomic E-state index is 3.77. The van der Waals surface area contributed by atoms with Crippen LogP contribution in [-0.4, -0.2) is 0 Å². The van der Waals surface area contributed by atoms with Crippen molar-refractivity contribution in [1.82, 2.24) is 0 Å². The summed E-state index contributed by atoms with van der Waals surface area (Å²) in [4.78, 5) is 0. The Balaban J connectivity index is 2.01. The van der Waals surface area contributed by atoms with Crippen LogP contribution in [0.4, 0.5) is 5.69 Å². The lowest BCUT2D eigenvalue weighted by Gasteiger charge is -2.10. The second-order valence-electron chi connectivity index (χ2n) is 5.49. The number of halogens is 1. The van der Waals surface area contributed by atoms with Gasteiger partial charge in [0.05, 0.1) is 0 Å². The molecule has 0 bridgehead atoms. The molecule has 22 heavy (non-hydrogen) atoms. The van der Waals surface area contributed by atoms with Gasteiger partial charge >= 0.3 is 0 Å². The molecule has 0 saturated carbocycles. The topological polar surface area (TPSA) is 12.0 Å². The zero-order valence-electron chi connectivity index (χ0n) is 13.2. The van der Waals surface area contributed by atoms with Gasteiger partial charge in [-0.15, -0.1) is 0 Å². The first kappa shape index (κ1) is 16.6. The van der Waals surface area contributed by atoms with E-state index >= 15 is 0 Å². The summed E-state index contributed by atoms with van der Waals surface area (Å²) in [5, 5.41) is 3.26. The van der Waals surface area contributed by atoms with Gasteiger partial charge in [0.15, 0.2) is 0 Å². The first-order chi connectivity index (χ1) is 10.6. The van der Waals surface area contributed by atoms with Gasteiger partial charge in [-0.2, -0.15) is 0 Å². The molecule has 114 valence electrons. The van der Waals surface area contributed by atoms with Gasteiger partial charge < -0.3 is 5.32 Å². The number of hydrogen-bond donors (Lipinski definition) is 1. The lowest BCUT2D eigenvalue weighted by molar-refractivity contribution is 0.939. The summed E-state index contributed by atoms with van der Waals surface area (Å²) in [7, 11) is 0. The normalized spacial score (nSPS) is 10.9. The molecule has 2 heteroatoms. The van der Waals surface area contributed by atoms with Crippen LogP contribution in [0.5, 0.6) is 0 Å².